The molecule has 1 aliphatic heterocycles. The van der Waals surface area contributed by atoms with Gasteiger partial charge in [0.15, 0.2) is 11.6 Å². The highest BCUT2D eigenvalue weighted by Gasteiger charge is 2.27. The normalized spacial score (nSPS) is 18.3. The average Bonchev–Trinajstić information content (AvgIpc) is 3.18. The molecule has 0 radical (unpaired) electrons. The monoisotopic (exact) mass is 519 g/mol. The maximum Gasteiger partial charge on any atom is 0.151 e. The Balaban J connectivity index is 0.00000171. The van der Waals surface area contributed by atoms with E-state index >= 15 is 0 Å². The summed E-state index contributed by atoms with van der Waals surface area (Å²) in [7, 11) is 3.89. The molecule has 0 aliphatic carbocycles. The van der Waals surface area contributed by atoms with Crippen LogP contribution in [0.2, 0.25) is 0 Å². The van der Waals surface area contributed by atoms with Crippen molar-refractivity contribution in [3.8, 4) is 28.3 Å². The molecule has 5 rings (SSSR count). The fourth-order valence-corrected chi connectivity index (χ4v) is 4.40. The molecule has 2 atom stereocenters. The van der Waals surface area contributed by atoms with Gasteiger partial charge < -0.3 is 10.0 Å². The molecule has 0 spiro atoms. The Kier molecular flexibility index (Phi) is 7.83. The molecule has 3 aromatic heterocycles. The second-order valence-corrected chi connectivity index (χ2v) is 8.84. The molecule has 1 aromatic carbocycles. The average molecular weight is 520 g/mol. The Morgan fingerprint density at radius 2 is 1.69 bits per heavy atom. The van der Waals surface area contributed by atoms with Crippen molar-refractivity contribution in [2.45, 2.75) is 25.9 Å². The highest BCUT2D eigenvalue weighted by Crippen LogP contribution is 2.32. The number of piperazine rings is 1. The molecule has 11 heteroatoms. The third kappa shape index (κ3) is 5.03. The molecule has 1 fully saturated rings. The summed E-state index contributed by atoms with van der Waals surface area (Å²) in [5, 5.41) is 24.2. The lowest BCUT2D eigenvalue weighted by Crippen LogP contribution is -2.55. The van der Waals surface area contributed by atoms with Gasteiger partial charge in [0.2, 0.25) is 0 Å². The Labute approximate surface area is 215 Å². The molecule has 186 valence electrons. The molecule has 0 bridgehead atoms. The van der Waals surface area contributed by atoms with Crippen molar-refractivity contribution in [3.63, 3.8) is 0 Å². The van der Waals surface area contributed by atoms with Crippen LogP contribution < -0.4 is 4.90 Å². The summed E-state index contributed by atoms with van der Waals surface area (Å²) < 4.78 is 16.0. The van der Waals surface area contributed by atoms with E-state index in [1.54, 1.807) is 30.2 Å². The van der Waals surface area contributed by atoms with Crippen LogP contribution in [0, 0.1) is 5.82 Å². The van der Waals surface area contributed by atoms with Crippen LogP contribution in [0.4, 0.5) is 10.2 Å². The van der Waals surface area contributed by atoms with Gasteiger partial charge >= 0.3 is 0 Å². The Bertz CT molecular complexity index is 1320. The molecule has 4 aromatic rings. The van der Waals surface area contributed by atoms with E-state index in [9.17, 15) is 9.50 Å². The van der Waals surface area contributed by atoms with Crippen LogP contribution in [0.1, 0.15) is 13.8 Å². The minimum atomic E-state index is -0.416. The number of aromatic nitrogens is 5. The number of hydrogen-bond acceptors (Lipinski definition) is 7. The zero-order valence-electron chi connectivity index (χ0n) is 19.9. The number of halogens is 3. The van der Waals surface area contributed by atoms with Crippen LogP contribution in [0.3, 0.4) is 0 Å². The van der Waals surface area contributed by atoms with Crippen LogP contribution in [-0.4, -0.2) is 67.2 Å². The van der Waals surface area contributed by atoms with Crippen molar-refractivity contribution in [3.05, 3.63) is 48.5 Å². The molecule has 1 N–H and O–H groups in total. The van der Waals surface area contributed by atoms with E-state index in [1.807, 2.05) is 18.2 Å². The third-order valence-electron chi connectivity index (χ3n) is 6.45. The standard InChI is InChI=1S/C24H26FN7O.2ClH/c1-14-11-32(12-15(2)31(14)4)22-6-5-20(27-28-22)24-21(33)9-17(10-26-24)16-7-18-13-30(3)29-23(18)19(25)8-16;;/h5-10,13-15,33H,11-12H2,1-4H3;2*1H/t14-,15?;;/m0../s1. The summed E-state index contributed by atoms with van der Waals surface area (Å²) in [5.41, 5.74) is 2.34. The van der Waals surface area contributed by atoms with Crippen LogP contribution in [-0.2, 0) is 7.05 Å². The van der Waals surface area contributed by atoms with Crippen LogP contribution in [0.25, 0.3) is 33.4 Å². The number of aromatic hydroxyl groups is 1. The summed E-state index contributed by atoms with van der Waals surface area (Å²) in [6.07, 6.45) is 3.36. The number of aryl methyl sites for hydroxylation is 1. The number of fused-ring (bicyclic) bond motifs is 1. The Hall–Kier alpha value is -3.01. The maximum absolute atomic E-state index is 14.5. The quantitative estimate of drug-likeness (QED) is 0.431. The summed E-state index contributed by atoms with van der Waals surface area (Å²) in [4.78, 5) is 8.99. The third-order valence-corrected chi connectivity index (χ3v) is 6.45. The van der Waals surface area contributed by atoms with Crippen LogP contribution in [0.15, 0.2) is 42.7 Å². The topological polar surface area (TPSA) is 83.2 Å². The SMILES string of the molecule is CC1CN(c2ccc(-c3ncc(-c4cc(F)c5nn(C)cc5c4)cc3O)nn2)C[C@H](C)N1C.Cl.Cl. The zero-order chi connectivity index (χ0) is 23.3. The lowest BCUT2D eigenvalue weighted by Gasteiger charge is -2.42. The fraction of sp³-hybridized carbons (Fsp3) is 0.333. The van der Waals surface area contributed by atoms with Gasteiger partial charge in [0.1, 0.15) is 22.7 Å². The zero-order valence-corrected chi connectivity index (χ0v) is 21.5. The van der Waals surface area contributed by atoms with E-state index in [0.29, 0.717) is 45.5 Å². The lowest BCUT2D eigenvalue weighted by molar-refractivity contribution is 0.169. The number of rotatable bonds is 3. The summed E-state index contributed by atoms with van der Waals surface area (Å²) in [6.45, 7) is 6.16. The van der Waals surface area contributed by atoms with Gasteiger partial charge in [-0.2, -0.15) is 5.10 Å². The Morgan fingerprint density at radius 3 is 2.31 bits per heavy atom. The second-order valence-electron chi connectivity index (χ2n) is 8.84. The van der Waals surface area contributed by atoms with Crippen molar-refractivity contribution in [1.29, 1.82) is 0 Å². The summed E-state index contributed by atoms with van der Waals surface area (Å²) in [5.74, 6) is 0.352. The minimum Gasteiger partial charge on any atom is -0.506 e. The largest absolute Gasteiger partial charge is 0.506 e. The number of pyridine rings is 1. The fourth-order valence-electron chi connectivity index (χ4n) is 4.40. The Morgan fingerprint density at radius 1 is 0.971 bits per heavy atom. The van der Waals surface area contributed by atoms with Gasteiger partial charge in [-0.15, -0.1) is 35.0 Å². The second kappa shape index (κ2) is 10.3. The van der Waals surface area contributed by atoms with Crippen LogP contribution >= 0.6 is 24.8 Å². The number of anilines is 1. The van der Waals surface area contributed by atoms with Gasteiger partial charge in [-0.05, 0) is 56.8 Å². The molecule has 1 saturated heterocycles. The molecule has 0 amide bonds. The first-order chi connectivity index (χ1) is 15.8. The molecule has 1 unspecified atom stereocenters. The first kappa shape index (κ1) is 26.6. The number of benzene rings is 1. The first-order valence-electron chi connectivity index (χ1n) is 10.9. The van der Waals surface area contributed by atoms with E-state index in [1.165, 1.54) is 6.07 Å². The molecular weight excluding hydrogens is 492 g/mol. The maximum atomic E-state index is 14.5. The van der Waals surface area contributed by atoms with Gasteiger partial charge in [-0.1, -0.05) is 0 Å². The smallest absolute Gasteiger partial charge is 0.151 e. The van der Waals surface area contributed by atoms with Gasteiger partial charge in [-0.3, -0.25) is 9.58 Å². The number of nitrogens with zero attached hydrogens (tertiary/aromatic N) is 7. The van der Waals surface area contributed by atoms with Gasteiger partial charge in [0, 0.05) is 55.6 Å². The molecular formula is C24H28Cl2FN7O. The van der Waals surface area contributed by atoms with E-state index in [-0.39, 0.29) is 30.6 Å². The van der Waals surface area contributed by atoms with E-state index in [0.717, 1.165) is 18.9 Å². The van der Waals surface area contributed by atoms with Crippen molar-refractivity contribution < 1.29 is 9.50 Å². The summed E-state index contributed by atoms with van der Waals surface area (Å²) in [6, 6.07) is 9.37. The van der Waals surface area contributed by atoms with Gasteiger partial charge in [-0.25, -0.2) is 9.37 Å². The molecule has 1 aliphatic rings. The first-order valence-corrected chi connectivity index (χ1v) is 10.9. The van der Waals surface area contributed by atoms with Gasteiger partial charge in [0.25, 0.3) is 0 Å². The lowest BCUT2D eigenvalue weighted by atomic mass is 10.0. The highest BCUT2D eigenvalue weighted by atomic mass is 35.5. The molecule has 35 heavy (non-hydrogen) atoms. The molecule has 0 saturated carbocycles. The number of hydrogen-bond donors (Lipinski definition) is 1. The highest BCUT2D eigenvalue weighted by molar-refractivity contribution is 5.86. The van der Waals surface area contributed by atoms with Crippen molar-refractivity contribution in [1.82, 2.24) is 29.9 Å². The van der Waals surface area contributed by atoms with Crippen LogP contribution in [0.5, 0.6) is 5.75 Å². The van der Waals surface area contributed by atoms with E-state index in [4.69, 9.17) is 0 Å². The predicted octanol–water partition coefficient (Wildman–Crippen LogP) is 4.31. The van der Waals surface area contributed by atoms with Crippen molar-refractivity contribution >= 4 is 41.5 Å². The summed E-state index contributed by atoms with van der Waals surface area (Å²) >= 11 is 0. The molecule has 4 heterocycles. The van der Waals surface area contributed by atoms with Crippen molar-refractivity contribution in [2.75, 3.05) is 25.0 Å². The molecule has 8 nitrogen and oxygen atoms in total. The van der Waals surface area contributed by atoms with Crippen molar-refractivity contribution in [2.24, 2.45) is 7.05 Å². The van der Waals surface area contributed by atoms with E-state index in [2.05, 4.69) is 51.0 Å². The van der Waals surface area contributed by atoms with E-state index < -0.39 is 5.82 Å². The predicted molar refractivity (Wildman–Crippen MR) is 140 cm³/mol. The minimum absolute atomic E-state index is 0. The number of likely N-dealkylation sites (N-methyl/N-ethyl adjacent to an activating group) is 1. The van der Waals surface area contributed by atoms with Gasteiger partial charge in [0.05, 0.1) is 0 Å².